The number of ether oxygens (including phenoxy) is 1. The molecule has 0 saturated carbocycles. The monoisotopic (exact) mass is 368 g/mol. The molecule has 120 valence electrons. The van der Waals surface area contributed by atoms with Crippen LogP contribution in [0.25, 0.3) is 0 Å². The minimum absolute atomic E-state index is 0.358. The molecule has 1 aromatic carbocycles. The molecule has 1 atom stereocenters. The number of benzene rings is 1. The van der Waals surface area contributed by atoms with Gasteiger partial charge in [-0.1, -0.05) is 15.9 Å². The van der Waals surface area contributed by atoms with Gasteiger partial charge in [-0.2, -0.15) is 13.2 Å². The molecule has 0 aliphatic rings. The SMILES string of the molecule is COC(C)(C)CCC(NN)c1cc(C(F)(F)F)ccc1Br. The lowest BCUT2D eigenvalue weighted by Crippen LogP contribution is -2.31. The van der Waals surface area contributed by atoms with Crippen LogP contribution < -0.4 is 11.3 Å². The van der Waals surface area contributed by atoms with E-state index in [9.17, 15) is 13.2 Å². The summed E-state index contributed by atoms with van der Waals surface area (Å²) in [6.07, 6.45) is -3.17. The van der Waals surface area contributed by atoms with Crippen LogP contribution in [-0.2, 0) is 10.9 Å². The van der Waals surface area contributed by atoms with Crippen LogP contribution >= 0.6 is 15.9 Å². The number of hydrogen-bond donors (Lipinski definition) is 2. The third kappa shape index (κ3) is 5.25. The second-order valence-electron chi connectivity index (χ2n) is 5.46. The van der Waals surface area contributed by atoms with Gasteiger partial charge in [0.2, 0.25) is 0 Å². The zero-order valence-electron chi connectivity index (χ0n) is 12.2. The first-order valence-electron chi connectivity index (χ1n) is 6.48. The predicted octanol–water partition coefficient (Wildman–Crippen LogP) is 4.18. The summed E-state index contributed by atoms with van der Waals surface area (Å²) in [6.45, 7) is 3.84. The summed E-state index contributed by atoms with van der Waals surface area (Å²) in [4.78, 5) is 0. The molecule has 0 aliphatic carbocycles. The highest BCUT2D eigenvalue weighted by Crippen LogP contribution is 2.35. The molecule has 0 heterocycles. The molecule has 0 bridgehead atoms. The predicted molar refractivity (Wildman–Crippen MR) is 79.5 cm³/mol. The molecule has 0 radical (unpaired) electrons. The maximum Gasteiger partial charge on any atom is 0.416 e. The van der Waals surface area contributed by atoms with E-state index in [0.717, 1.165) is 12.1 Å². The molecule has 0 fully saturated rings. The smallest absolute Gasteiger partial charge is 0.379 e. The number of halogens is 4. The first-order chi connectivity index (χ1) is 9.60. The average molecular weight is 369 g/mol. The van der Waals surface area contributed by atoms with Crippen molar-refractivity contribution in [3.8, 4) is 0 Å². The zero-order valence-corrected chi connectivity index (χ0v) is 13.8. The Labute approximate surface area is 131 Å². The fourth-order valence-corrected chi connectivity index (χ4v) is 2.43. The fourth-order valence-electron chi connectivity index (χ4n) is 1.91. The van der Waals surface area contributed by atoms with E-state index >= 15 is 0 Å². The minimum atomic E-state index is -4.37. The summed E-state index contributed by atoms with van der Waals surface area (Å²) in [6, 6.07) is 3.16. The van der Waals surface area contributed by atoms with Gasteiger partial charge >= 0.3 is 6.18 Å². The van der Waals surface area contributed by atoms with Crippen LogP contribution in [0, 0.1) is 0 Å². The van der Waals surface area contributed by atoms with Gasteiger partial charge in [0.1, 0.15) is 0 Å². The van der Waals surface area contributed by atoms with Gasteiger partial charge in [-0.25, -0.2) is 0 Å². The van der Waals surface area contributed by atoms with Gasteiger partial charge in [-0.05, 0) is 50.5 Å². The van der Waals surface area contributed by atoms with Gasteiger partial charge in [0.05, 0.1) is 11.2 Å². The molecule has 0 spiro atoms. The minimum Gasteiger partial charge on any atom is -0.379 e. The summed E-state index contributed by atoms with van der Waals surface area (Å²) in [5.41, 5.74) is 2.02. The van der Waals surface area contributed by atoms with Crippen LogP contribution in [0.1, 0.15) is 43.9 Å². The van der Waals surface area contributed by atoms with E-state index in [1.54, 1.807) is 7.11 Å². The molecule has 1 rings (SSSR count). The van der Waals surface area contributed by atoms with Crippen molar-refractivity contribution in [2.45, 2.75) is 44.5 Å². The van der Waals surface area contributed by atoms with E-state index in [1.807, 2.05) is 13.8 Å². The summed E-state index contributed by atoms with van der Waals surface area (Å²) in [5.74, 6) is 5.51. The summed E-state index contributed by atoms with van der Waals surface area (Å²) in [5, 5.41) is 0. The lowest BCUT2D eigenvalue weighted by Gasteiger charge is -2.26. The van der Waals surface area contributed by atoms with Crippen molar-refractivity contribution < 1.29 is 17.9 Å². The van der Waals surface area contributed by atoms with Crippen molar-refractivity contribution in [3.05, 3.63) is 33.8 Å². The third-order valence-electron chi connectivity index (χ3n) is 3.49. The molecular formula is C14H20BrF3N2O. The van der Waals surface area contributed by atoms with E-state index in [1.165, 1.54) is 6.07 Å². The molecule has 21 heavy (non-hydrogen) atoms. The van der Waals surface area contributed by atoms with Gasteiger partial charge < -0.3 is 4.74 Å². The Balaban J connectivity index is 3.00. The molecule has 3 nitrogen and oxygen atoms in total. The Kier molecular flexibility index (Phi) is 6.22. The molecule has 0 aliphatic heterocycles. The summed E-state index contributed by atoms with van der Waals surface area (Å²) < 4.78 is 44.3. The molecule has 0 amide bonds. The Hall–Kier alpha value is -0.630. The topological polar surface area (TPSA) is 47.3 Å². The van der Waals surface area contributed by atoms with Crippen LogP contribution in [0.4, 0.5) is 13.2 Å². The van der Waals surface area contributed by atoms with Crippen LogP contribution in [0.2, 0.25) is 0 Å². The molecule has 7 heteroatoms. The Bertz CT molecular complexity index is 478. The van der Waals surface area contributed by atoms with Crippen LogP contribution in [-0.4, -0.2) is 12.7 Å². The highest BCUT2D eigenvalue weighted by atomic mass is 79.9. The lowest BCUT2D eigenvalue weighted by molar-refractivity contribution is -0.137. The number of hydrazine groups is 1. The molecular weight excluding hydrogens is 349 g/mol. The molecule has 3 N–H and O–H groups in total. The normalized spacial score (nSPS) is 14.3. The standard InChI is InChI=1S/C14H20BrF3N2O/c1-13(2,21-3)7-6-12(20-19)10-8-9(14(16,17)18)4-5-11(10)15/h4-5,8,12,20H,6-7,19H2,1-3H3. The molecule has 0 saturated heterocycles. The Morgan fingerprint density at radius 2 is 1.95 bits per heavy atom. The number of rotatable bonds is 6. The average Bonchev–Trinajstić information content (AvgIpc) is 2.40. The highest BCUT2D eigenvalue weighted by Gasteiger charge is 2.32. The van der Waals surface area contributed by atoms with E-state index in [2.05, 4.69) is 21.4 Å². The first-order valence-corrected chi connectivity index (χ1v) is 7.28. The van der Waals surface area contributed by atoms with Crippen LogP contribution in [0.3, 0.4) is 0 Å². The molecule has 1 unspecified atom stereocenters. The second-order valence-corrected chi connectivity index (χ2v) is 6.31. The molecule has 1 aromatic rings. The number of nitrogens with one attached hydrogen (secondary N) is 1. The van der Waals surface area contributed by atoms with E-state index < -0.39 is 17.8 Å². The Morgan fingerprint density at radius 1 is 1.33 bits per heavy atom. The number of hydrogen-bond acceptors (Lipinski definition) is 3. The second kappa shape index (κ2) is 7.09. The van der Waals surface area contributed by atoms with Crippen molar-refractivity contribution in [2.24, 2.45) is 5.84 Å². The third-order valence-corrected chi connectivity index (χ3v) is 4.21. The van der Waals surface area contributed by atoms with E-state index in [4.69, 9.17) is 10.6 Å². The Morgan fingerprint density at radius 3 is 2.43 bits per heavy atom. The van der Waals surface area contributed by atoms with Crippen molar-refractivity contribution in [3.63, 3.8) is 0 Å². The van der Waals surface area contributed by atoms with Crippen molar-refractivity contribution in [1.29, 1.82) is 0 Å². The van der Waals surface area contributed by atoms with Gasteiger partial charge in [-0.15, -0.1) is 0 Å². The largest absolute Gasteiger partial charge is 0.416 e. The molecule has 0 aromatic heterocycles. The number of alkyl halides is 3. The highest BCUT2D eigenvalue weighted by molar-refractivity contribution is 9.10. The van der Waals surface area contributed by atoms with Gasteiger partial charge in [0, 0.05) is 17.6 Å². The quantitative estimate of drug-likeness (QED) is 0.584. The van der Waals surface area contributed by atoms with Crippen molar-refractivity contribution >= 4 is 15.9 Å². The van der Waals surface area contributed by atoms with E-state index in [0.29, 0.717) is 22.9 Å². The number of nitrogens with two attached hydrogens (primary N) is 1. The summed E-state index contributed by atoms with van der Waals surface area (Å²) in [7, 11) is 1.60. The van der Waals surface area contributed by atoms with Crippen LogP contribution in [0.5, 0.6) is 0 Å². The van der Waals surface area contributed by atoms with E-state index in [-0.39, 0.29) is 5.60 Å². The van der Waals surface area contributed by atoms with Crippen LogP contribution in [0.15, 0.2) is 22.7 Å². The van der Waals surface area contributed by atoms with Crippen molar-refractivity contribution in [1.82, 2.24) is 5.43 Å². The zero-order chi connectivity index (χ0) is 16.3. The van der Waals surface area contributed by atoms with Crippen molar-refractivity contribution in [2.75, 3.05) is 7.11 Å². The summed E-state index contributed by atoms with van der Waals surface area (Å²) >= 11 is 3.28. The fraction of sp³-hybridized carbons (Fsp3) is 0.571. The maximum atomic E-state index is 12.8. The first kappa shape index (κ1) is 18.4. The van der Waals surface area contributed by atoms with Gasteiger partial charge in [-0.3, -0.25) is 11.3 Å². The lowest BCUT2D eigenvalue weighted by atomic mass is 9.94. The van der Waals surface area contributed by atoms with Gasteiger partial charge in [0.15, 0.2) is 0 Å². The number of methoxy groups -OCH3 is 1. The maximum absolute atomic E-state index is 12.8. The van der Waals surface area contributed by atoms with Gasteiger partial charge in [0.25, 0.3) is 0 Å².